The molecule has 2 saturated heterocycles. The Labute approximate surface area is 228 Å². The van der Waals surface area contributed by atoms with Gasteiger partial charge in [0.25, 0.3) is 0 Å². The molecule has 6 nitrogen and oxygen atoms in total. The maximum atomic E-state index is 12.6. The van der Waals surface area contributed by atoms with Crippen LogP contribution in [0.5, 0.6) is 0 Å². The predicted octanol–water partition coefficient (Wildman–Crippen LogP) is 6.65. The first-order chi connectivity index (χ1) is 18.5. The van der Waals surface area contributed by atoms with Gasteiger partial charge in [-0.2, -0.15) is 0 Å². The summed E-state index contributed by atoms with van der Waals surface area (Å²) in [5.41, 5.74) is -0.128. The molecule has 4 aliphatic carbocycles. The van der Waals surface area contributed by atoms with Gasteiger partial charge < -0.3 is 19.3 Å². The van der Waals surface area contributed by atoms with E-state index in [1.807, 2.05) is 6.08 Å². The van der Waals surface area contributed by atoms with Crippen molar-refractivity contribution in [1.82, 2.24) is 4.90 Å². The molecule has 6 rings (SSSR count). The van der Waals surface area contributed by atoms with E-state index in [1.54, 1.807) is 0 Å². The minimum atomic E-state index is -0.803. The van der Waals surface area contributed by atoms with Crippen LogP contribution in [0.15, 0.2) is 35.8 Å². The minimum Gasteiger partial charge on any atom is -0.485 e. The Hall–Kier alpha value is -1.79. The fourth-order valence-electron chi connectivity index (χ4n) is 8.58. The standard InChI is InChI=1S/C32H47NO5/c1-3-4-5-6-7-8-9-10-19-36-30(34)37-25-14-13-24-20-26-32(35)16-15-22(2)29-31(32,27(24)28(25)38-29)17-18-33(26)21-23-11-12-23/h13-14,23-24,26-27,29,35H,2-12,15-21H2,1H3/t24?,26?,27?,29-,31-,32+/m0/s1. The van der Waals surface area contributed by atoms with Gasteiger partial charge in [0.15, 0.2) is 5.76 Å². The maximum absolute atomic E-state index is 12.6. The summed E-state index contributed by atoms with van der Waals surface area (Å²) in [6, 6.07) is 0.153. The molecule has 0 aromatic rings. The molecule has 6 heteroatoms. The number of unbranched alkanes of at least 4 members (excludes halogenated alkanes) is 7. The van der Waals surface area contributed by atoms with Crippen LogP contribution in [-0.2, 0) is 14.2 Å². The van der Waals surface area contributed by atoms with E-state index >= 15 is 0 Å². The Balaban J connectivity index is 1.12. The number of hydrogen-bond donors (Lipinski definition) is 1. The van der Waals surface area contributed by atoms with E-state index in [0.29, 0.717) is 12.4 Å². The van der Waals surface area contributed by atoms with E-state index in [9.17, 15) is 9.90 Å². The molecule has 0 aromatic heterocycles. The molecule has 5 fully saturated rings. The normalized spacial score (nSPS) is 37.2. The summed E-state index contributed by atoms with van der Waals surface area (Å²) in [7, 11) is 0. The number of aliphatic hydroxyl groups is 1. The highest BCUT2D eigenvalue weighted by atomic mass is 16.7. The summed E-state index contributed by atoms with van der Waals surface area (Å²) in [5.74, 6) is 2.30. The Morgan fingerprint density at radius 3 is 2.68 bits per heavy atom. The van der Waals surface area contributed by atoms with E-state index < -0.39 is 17.2 Å². The van der Waals surface area contributed by atoms with Crippen molar-refractivity contribution in [2.45, 2.75) is 115 Å². The van der Waals surface area contributed by atoms with Crippen molar-refractivity contribution in [1.29, 1.82) is 0 Å². The average molecular weight is 526 g/mol. The van der Waals surface area contributed by atoms with E-state index in [1.165, 1.54) is 51.4 Å². The van der Waals surface area contributed by atoms with Crippen molar-refractivity contribution in [2.24, 2.45) is 23.2 Å². The minimum absolute atomic E-state index is 0.0226. The quantitative estimate of drug-likeness (QED) is 0.175. The number of nitrogens with zero attached hydrogens (tertiary/aromatic N) is 1. The van der Waals surface area contributed by atoms with Gasteiger partial charge in [-0.3, -0.25) is 4.90 Å². The maximum Gasteiger partial charge on any atom is 0.513 e. The molecule has 0 aromatic carbocycles. The number of likely N-dealkylation sites (tertiary alicyclic amines) is 1. The summed E-state index contributed by atoms with van der Waals surface area (Å²) in [6.07, 6.45) is 18.8. The molecule has 1 spiro atoms. The fraction of sp³-hybridized carbons (Fsp3) is 0.781. The van der Waals surface area contributed by atoms with Gasteiger partial charge >= 0.3 is 6.16 Å². The summed E-state index contributed by atoms with van der Waals surface area (Å²) in [5, 5.41) is 12.5. The lowest BCUT2D eigenvalue weighted by Crippen LogP contribution is -2.75. The summed E-state index contributed by atoms with van der Waals surface area (Å²) in [4.78, 5) is 15.2. The van der Waals surface area contributed by atoms with Crippen LogP contribution in [0, 0.1) is 23.2 Å². The lowest BCUT2D eigenvalue weighted by Gasteiger charge is -2.66. The van der Waals surface area contributed by atoms with Gasteiger partial charge in [-0.05, 0) is 75.0 Å². The smallest absolute Gasteiger partial charge is 0.485 e. The molecule has 1 N–H and O–H groups in total. The highest BCUT2D eigenvalue weighted by molar-refractivity contribution is 5.62. The molecule has 6 aliphatic rings. The van der Waals surface area contributed by atoms with Gasteiger partial charge in [-0.25, -0.2) is 4.79 Å². The molecular formula is C32H47NO5. The Morgan fingerprint density at radius 2 is 1.92 bits per heavy atom. The third kappa shape index (κ3) is 4.44. The van der Waals surface area contributed by atoms with Crippen LogP contribution >= 0.6 is 0 Å². The van der Waals surface area contributed by atoms with E-state index in [-0.39, 0.29) is 24.0 Å². The summed E-state index contributed by atoms with van der Waals surface area (Å²) in [6.45, 7) is 9.12. The largest absolute Gasteiger partial charge is 0.513 e. The monoisotopic (exact) mass is 525 g/mol. The molecule has 6 atom stereocenters. The van der Waals surface area contributed by atoms with Crippen molar-refractivity contribution in [2.75, 3.05) is 19.7 Å². The molecule has 2 bridgehead atoms. The molecule has 210 valence electrons. The SMILES string of the molecule is C=C1CC[C@@]2(O)C3CC4C=CC(OC(=O)OCCCCCCCCCC)=C5O[C@@H]1[C@]2(CCN3CC1CC1)C54. The van der Waals surface area contributed by atoms with Crippen LogP contribution < -0.4 is 0 Å². The van der Waals surface area contributed by atoms with Crippen LogP contribution in [0.3, 0.4) is 0 Å². The van der Waals surface area contributed by atoms with Crippen LogP contribution in [-0.4, -0.2) is 53.6 Å². The molecule has 3 unspecified atom stereocenters. The zero-order valence-electron chi connectivity index (χ0n) is 23.3. The number of ether oxygens (including phenoxy) is 3. The Kier molecular flexibility index (Phi) is 7.41. The zero-order valence-corrected chi connectivity index (χ0v) is 23.3. The third-order valence-electron chi connectivity index (χ3n) is 10.6. The number of allylic oxidation sites excluding steroid dienone is 3. The fourth-order valence-corrected chi connectivity index (χ4v) is 8.58. The molecule has 0 amide bonds. The van der Waals surface area contributed by atoms with E-state index in [0.717, 1.165) is 68.9 Å². The van der Waals surface area contributed by atoms with Gasteiger partial charge in [0.2, 0.25) is 0 Å². The second kappa shape index (κ2) is 10.6. The predicted molar refractivity (Wildman–Crippen MR) is 146 cm³/mol. The van der Waals surface area contributed by atoms with E-state index in [2.05, 4.69) is 24.5 Å². The van der Waals surface area contributed by atoms with Crippen molar-refractivity contribution < 1.29 is 24.1 Å². The van der Waals surface area contributed by atoms with Gasteiger partial charge in [0.05, 0.1) is 17.6 Å². The lowest BCUT2D eigenvalue weighted by molar-refractivity contribution is -0.240. The molecule has 2 heterocycles. The first-order valence-corrected chi connectivity index (χ1v) is 15.6. The topological polar surface area (TPSA) is 68.2 Å². The molecule has 3 saturated carbocycles. The summed E-state index contributed by atoms with van der Waals surface area (Å²) >= 11 is 0. The number of hydrogen-bond acceptors (Lipinski definition) is 6. The van der Waals surface area contributed by atoms with Crippen LogP contribution in [0.25, 0.3) is 0 Å². The zero-order chi connectivity index (χ0) is 26.3. The highest BCUT2D eigenvalue weighted by Gasteiger charge is 2.76. The number of carbonyl (C=O) groups is 1. The average Bonchev–Trinajstić information content (AvgIpc) is 3.64. The van der Waals surface area contributed by atoms with Crippen LogP contribution in [0.2, 0.25) is 0 Å². The van der Waals surface area contributed by atoms with Crippen molar-refractivity contribution in [3.8, 4) is 0 Å². The highest BCUT2D eigenvalue weighted by Crippen LogP contribution is 2.70. The molecule has 2 aliphatic heterocycles. The first-order valence-electron chi connectivity index (χ1n) is 15.6. The van der Waals surface area contributed by atoms with Crippen LogP contribution in [0.1, 0.15) is 96.8 Å². The Bertz CT molecular complexity index is 984. The van der Waals surface area contributed by atoms with Crippen molar-refractivity contribution >= 4 is 6.16 Å². The first kappa shape index (κ1) is 26.4. The van der Waals surface area contributed by atoms with Gasteiger partial charge in [-0.15, -0.1) is 0 Å². The van der Waals surface area contributed by atoms with Gasteiger partial charge in [0.1, 0.15) is 11.9 Å². The Morgan fingerprint density at radius 1 is 1.16 bits per heavy atom. The molecular weight excluding hydrogens is 478 g/mol. The second-order valence-corrected chi connectivity index (χ2v) is 13.0. The number of carbonyl (C=O) groups excluding carboxylic acids is 1. The number of rotatable bonds is 12. The van der Waals surface area contributed by atoms with Crippen molar-refractivity contribution in [3.63, 3.8) is 0 Å². The summed E-state index contributed by atoms with van der Waals surface area (Å²) < 4.78 is 17.9. The molecule has 0 radical (unpaired) electrons. The van der Waals surface area contributed by atoms with E-state index in [4.69, 9.17) is 14.2 Å². The lowest BCUT2D eigenvalue weighted by atomic mass is 9.44. The second-order valence-electron chi connectivity index (χ2n) is 13.0. The third-order valence-corrected chi connectivity index (χ3v) is 10.6. The van der Waals surface area contributed by atoms with Gasteiger partial charge in [0, 0.05) is 18.5 Å². The number of piperidine rings is 1. The van der Waals surface area contributed by atoms with Crippen LogP contribution in [0.4, 0.5) is 4.79 Å². The van der Waals surface area contributed by atoms with Crippen molar-refractivity contribution in [3.05, 3.63) is 35.8 Å². The van der Waals surface area contributed by atoms with Gasteiger partial charge in [-0.1, -0.05) is 64.5 Å². The molecule has 38 heavy (non-hydrogen) atoms.